The lowest BCUT2D eigenvalue weighted by atomic mass is 9.86. The molecule has 2 rings (SSSR count). The van der Waals surface area contributed by atoms with Gasteiger partial charge in [0.15, 0.2) is 0 Å². The molecule has 2 aromatic carbocycles. The van der Waals surface area contributed by atoms with Gasteiger partial charge < -0.3 is 15.0 Å². The molecule has 0 atom stereocenters. The summed E-state index contributed by atoms with van der Waals surface area (Å²) in [7, 11) is 1.15. The summed E-state index contributed by atoms with van der Waals surface area (Å²) in [6.07, 6.45) is 0. The van der Waals surface area contributed by atoms with Gasteiger partial charge in [-0.15, -0.1) is 0 Å². The van der Waals surface area contributed by atoms with Gasteiger partial charge in [-0.25, -0.2) is 9.18 Å². The van der Waals surface area contributed by atoms with E-state index in [0.717, 1.165) is 18.4 Å². The zero-order chi connectivity index (χ0) is 21.6. The number of nitrogens with one attached hydrogen (secondary N) is 1. The number of esters is 1. The van der Waals surface area contributed by atoms with Crippen LogP contribution in [0.2, 0.25) is 5.02 Å². The van der Waals surface area contributed by atoms with Crippen molar-refractivity contribution in [1.82, 2.24) is 4.90 Å². The van der Waals surface area contributed by atoms with Crippen LogP contribution in [-0.2, 0) is 26.3 Å². The molecule has 1 N–H and O–H groups in total. The van der Waals surface area contributed by atoms with Crippen LogP contribution in [0.4, 0.5) is 10.1 Å². The van der Waals surface area contributed by atoms with Crippen molar-refractivity contribution in [3.8, 4) is 0 Å². The van der Waals surface area contributed by atoms with Gasteiger partial charge in [0.2, 0.25) is 0 Å². The fourth-order valence-corrected chi connectivity index (χ4v) is 3.17. The van der Waals surface area contributed by atoms with Crippen molar-refractivity contribution in [3.63, 3.8) is 0 Å². The molecule has 5 nitrogen and oxygen atoms in total. The summed E-state index contributed by atoms with van der Waals surface area (Å²) in [6, 6.07) is 11.9. The van der Waals surface area contributed by atoms with Gasteiger partial charge in [0.25, 0.3) is 0 Å². The second kappa shape index (κ2) is 9.74. The molecule has 0 heterocycles. The van der Waals surface area contributed by atoms with Crippen LogP contribution in [0.25, 0.3) is 0 Å². The maximum atomic E-state index is 13.3. The predicted molar refractivity (Wildman–Crippen MR) is 112 cm³/mol. The number of rotatable bonds is 6. The number of halogens is 2. The van der Waals surface area contributed by atoms with Crippen LogP contribution >= 0.6 is 11.6 Å². The molecule has 29 heavy (non-hydrogen) atoms. The van der Waals surface area contributed by atoms with E-state index in [4.69, 9.17) is 11.6 Å². The van der Waals surface area contributed by atoms with E-state index < -0.39 is 17.7 Å². The maximum absolute atomic E-state index is 13.3. The minimum atomic E-state index is -0.960. The van der Waals surface area contributed by atoms with E-state index in [2.05, 4.69) is 36.9 Å². The quantitative estimate of drug-likeness (QED) is 0.556. The number of hydrogen-bond acceptors (Lipinski definition) is 4. The van der Waals surface area contributed by atoms with Gasteiger partial charge in [0, 0.05) is 30.3 Å². The predicted octanol–water partition coefficient (Wildman–Crippen LogP) is 4.39. The number of carbonyl (C=O) groups excluding carboxylic acids is 2. The molecule has 0 radical (unpaired) electrons. The molecule has 2 aromatic rings. The van der Waals surface area contributed by atoms with E-state index in [9.17, 15) is 14.0 Å². The highest BCUT2D eigenvalue weighted by molar-refractivity contribution is 6.32. The molecule has 0 aromatic heterocycles. The number of ether oxygens (including phenoxy) is 1. The molecule has 156 valence electrons. The number of para-hydroxylation sites is 1. The number of benzene rings is 2. The third-order valence-corrected chi connectivity index (χ3v) is 4.81. The zero-order valence-corrected chi connectivity index (χ0v) is 17.8. The first kappa shape index (κ1) is 22.7. The number of hydrogen-bond donors (Lipinski definition) is 1. The molecule has 0 unspecified atom stereocenters. The molecule has 0 bridgehead atoms. The molecule has 0 aliphatic carbocycles. The van der Waals surface area contributed by atoms with Crippen LogP contribution in [0, 0.1) is 5.82 Å². The Bertz CT molecular complexity index is 881. The fraction of sp³-hybridized carbons (Fsp3) is 0.364. The summed E-state index contributed by atoms with van der Waals surface area (Å²) < 4.78 is 17.9. The fourth-order valence-electron chi connectivity index (χ4n) is 2.94. The first-order valence-electron chi connectivity index (χ1n) is 9.28. The van der Waals surface area contributed by atoms with Crippen LogP contribution in [0.5, 0.6) is 0 Å². The number of anilines is 1. The summed E-state index contributed by atoms with van der Waals surface area (Å²) in [5.41, 5.74) is 2.60. The van der Waals surface area contributed by atoms with Crippen molar-refractivity contribution in [2.75, 3.05) is 25.5 Å². The Morgan fingerprint density at radius 3 is 2.48 bits per heavy atom. The Kier molecular flexibility index (Phi) is 7.62. The second-order valence-electron chi connectivity index (χ2n) is 7.68. The number of nitrogens with zero attached hydrogens (tertiary/aromatic N) is 1. The zero-order valence-electron chi connectivity index (χ0n) is 17.1. The molecule has 0 spiro atoms. The minimum Gasteiger partial charge on any atom is -0.462 e. The molecule has 0 saturated carbocycles. The van der Waals surface area contributed by atoms with Gasteiger partial charge in [0.05, 0.1) is 7.11 Å². The lowest BCUT2D eigenvalue weighted by Crippen LogP contribution is -2.39. The van der Waals surface area contributed by atoms with Gasteiger partial charge in [-0.2, -0.15) is 0 Å². The third kappa shape index (κ3) is 6.19. The van der Waals surface area contributed by atoms with E-state index in [-0.39, 0.29) is 23.5 Å². The minimum absolute atomic E-state index is 0.0489. The molecule has 7 heteroatoms. The van der Waals surface area contributed by atoms with Gasteiger partial charge in [-0.1, -0.05) is 56.6 Å². The lowest BCUT2D eigenvalue weighted by molar-refractivity contribution is -0.158. The van der Waals surface area contributed by atoms with Crippen LogP contribution in [0.3, 0.4) is 0 Å². The van der Waals surface area contributed by atoms with Gasteiger partial charge in [-0.05, 0) is 34.7 Å². The van der Waals surface area contributed by atoms with Crippen LogP contribution in [-0.4, -0.2) is 37.0 Å². The molecular weight excluding hydrogens is 395 g/mol. The third-order valence-electron chi connectivity index (χ3n) is 4.46. The monoisotopic (exact) mass is 420 g/mol. The van der Waals surface area contributed by atoms with E-state index in [1.165, 1.54) is 23.1 Å². The smallest absolute Gasteiger partial charge is 0.396 e. The molecular formula is C22H26ClFN2O3. The van der Waals surface area contributed by atoms with Crippen molar-refractivity contribution in [2.45, 2.75) is 32.7 Å². The normalized spacial score (nSPS) is 11.1. The summed E-state index contributed by atoms with van der Waals surface area (Å²) in [4.78, 5) is 25.5. The number of carbonyl (C=O) groups is 2. The Labute approximate surface area is 175 Å². The van der Waals surface area contributed by atoms with Crippen LogP contribution in [0.1, 0.15) is 31.9 Å². The van der Waals surface area contributed by atoms with Crippen molar-refractivity contribution in [2.24, 2.45) is 0 Å². The SMILES string of the molecule is COC(=O)C(=O)N(CCNc1ccccc1C(C)(C)C)Cc1ccc(F)cc1Cl. The lowest BCUT2D eigenvalue weighted by Gasteiger charge is -2.25. The van der Waals surface area contributed by atoms with E-state index in [1.54, 1.807) is 0 Å². The van der Waals surface area contributed by atoms with E-state index in [1.807, 2.05) is 18.2 Å². The molecule has 1 amide bonds. The maximum Gasteiger partial charge on any atom is 0.396 e. The Morgan fingerprint density at radius 1 is 1.17 bits per heavy atom. The Morgan fingerprint density at radius 2 is 1.86 bits per heavy atom. The first-order chi connectivity index (χ1) is 13.6. The van der Waals surface area contributed by atoms with Gasteiger partial charge in [0.1, 0.15) is 5.82 Å². The van der Waals surface area contributed by atoms with Crippen molar-refractivity contribution >= 4 is 29.2 Å². The van der Waals surface area contributed by atoms with Gasteiger partial charge in [-0.3, -0.25) is 4.79 Å². The summed E-state index contributed by atoms with van der Waals surface area (Å²) in [6.45, 7) is 7.08. The highest BCUT2D eigenvalue weighted by Gasteiger charge is 2.24. The second-order valence-corrected chi connectivity index (χ2v) is 8.08. The van der Waals surface area contributed by atoms with Crippen molar-refractivity contribution in [1.29, 1.82) is 0 Å². The first-order valence-corrected chi connectivity index (χ1v) is 9.66. The highest BCUT2D eigenvalue weighted by Crippen LogP contribution is 2.29. The van der Waals surface area contributed by atoms with Crippen LogP contribution in [0.15, 0.2) is 42.5 Å². The summed E-state index contributed by atoms with van der Waals surface area (Å²) in [5.74, 6) is -2.21. The van der Waals surface area contributed by atoms with E-state index in [0.29, 0.717) is 12.1 Å². The highest BCUT2D eigenvalue weighted by atomic mass is 35.5. The summed E-state index contributed by atoms with van der Waals surface area (Å²) in [5, 5.41) is 3.53. The Balaban J connectivity index is 2.15. The number of methoxy groups -OCH3 is 1. The molecule has 0 saturated heterocycles. The number of amides is 1. The molecule has 0 aliphatic rings. The van der Waals surface area contributed by atoms with Gasteiger partial charge >= 0.3 is 11.9 Å². The largest absolute Gasteiger partial charge is 0.462 e. The Hall–Kier alpha value is -2.60. The molecule has 0 aliphatic heterocycles. The average Bonchev–Trinajstić information content (AvgIpc) is 2.67. The topological polar surface area (TPSA) is 58.6 Å². The van der Waals surface area contributed by atoms with Crippen molar-refractivity contribution in [3.05, 3.63) is 64.4 Å². The summed E-state index contributed by atoms with van der Waals surface area (Å²) >= 11 is 6.08. The van der Waals surface area contributed by atoms with Crippen LogP contribution < -0.4 is 5.32 Å². The average molecular weight is 421 g/mol. The standard InChI is InChI=1S/C22H26ClFN2O3/c1-22(2,3)17-7-5-6-8-19(17)25-11-12-26(20(27)21(28)29-4)14-15-9-10-16(24)13-18(15)23/h5-10,13,25H,11-12,14H2,1-4H3. The van der Waals surface area contributed by atoms with Crippen molar-refractivity contribution < 1.29 is 18.7 Å². The van der Waals surface area contributed by atoms with E-state index >= 15 is 0 Å². The molecule has 0 fully saturated rings.